The molecule has 1 aliphatic rings. The Morgan fingerprint density at radius 3 is 2.67 bits per heavy atom. The summed E-state index contributed by atoms with van der Waals surface area (Å²) in [6.07, 6.45) is 0. The first kappa shape index (κ1) is 12.3. The number of carbonyl (C=O) groups is 2. The molecule has 0 aromatic carbocycles. The third-order valence-electron chi connectivity index (χ3n) is 2.25. The van der Waals surface area contributed by atoms with Gasteiger partial charge in [-0.2, -0.15) is 0 Å². The first-order chi connectivity index (χ1) is 7.02. The van der Waals surface area contributed by atoms with Crippen LogP contribution in [0.25, 0.3) is 0 Å². The van der Waals surface area contributed by atoms with Gasteiger partial charge >= 0.3 is 0 Å². The van der Waals surface area contributed by atoms with Crippen LogP contribution in [0.2, 0.25) is 0 Å². The molecule has 0 saturated carbocycles. The van der Waals surface area contributed by atoms with E-state index < -0.39 is 5.91 Å². The van der Waals surface area contributed by atoms with Crippen molar-refractivity contribution in [2.24, 2.45) is 5.73 Å². The van der Waals surface area contributed by atoms with Gasteiger partial charge in [0.15, 0.2) is 0 Å². The van der Waals surface area contributed by atoms with Gasteiger partial charge in [-0.1, -0.05) is 0 Å². The molecule has 6 heteroatoms. The van der Waals surface area contributed by atoms with Gasteiger partial charge in [0.25, 0.3) is 0 Å². The lowest BCUT2D eigenvalue weighted by molar-refractivity contribution is -0.138. The number of nitrogens with two attached hydrogens (primary N) is 1. The Morgan fingerprint density at radius 2 is 2.27 bits per heavy atom. The number of rotatable bonds is 4. The van der Waals surface area contributed by atoms with E-state index in [0.717, 1.165) is 11.6 Å². The van der Waals surface area contributed by atoms with E-state index in [0.29, 0.717) is 0 Å². The minimum absolute atomic E-state index is 0.000648. The summed E-state index contributed by atoms with van der Waals surface area (Å²) in [7, 11) is 0. The Morgan fingerprint density at radius 1 is 1.60 bits per heavy atom. The fourth-order valence-electron chi connectivity index (χ4n) is 1.44. The predicted octanol–water partition coefficient (Wildman–Crippen LogP) is -0.629. The van der Waals surface area contributed by atoms with Crippen molar-refractivity contribution in [2.45, 2.75) is 25.9 Å². The molecule has 3 N–H and O–H groups in total. The van der Waals surface area contributed by atoms with E-state index in [2.05, 4.69) is 5.32 Å². The Bertz CT molecular complexity index is 252. The second kappa shape index (κ2) is 5.37. The third kappa shape index (κ3) is 3.39. The molecular weight excluding hydrogens is 214 g/mol. The summed E-state index contributed by atoms with van der Waals surface area (Å²) in [6, 6.07) is -0.172. The minimum Gasteiger partial charge on any atom is -0.368 e. The second-order valence-corrected chi connectivity index (χ2v) is 4.83. The van der Waals surface area contributed by atoms with Crippen LogP contribution in [-0.2, 0) is 9.59 Å². The molecule has 0 radical (unpaired) electrons. The van der Waals surface area contributed by atoms with Crippen molar-refractivity contribution in [2.75, 3.05) is 18.2 Å². The average molecular weight is 231 g/mol. The van der Waals surface area contributed by atoms with Crippen LogP contribution in [0.4, 0.5) is 0 Å². The normalized spacial score (nSPS) is 20.6. The molecular formula is C9H17N3O2S. The minimum atomic E-state index is -0.470. The lowest BCUT2D eigenvalue weighted by Crippen LogP contribution is -2.50. The van der Waals surface area contributed by atoms with E-state index in [1.54, 1.807) is 11.8 Å². The number of hydrogen-bond acceptors (Lipinski definition) is 4. The standard InChI is InChI=1S/C9H17N3O2S/c1-6(2)12(3-8(10)13)9(14)7-4-15-5-11-7/h6-7,11H,3-5H2,1-2H3,(H2,10,13). The zero-order valence-corrected chi connectivity index (χ0v) is 9.84. The SMILES string of the molecule is CC(C)N(CC(N)=O)C(=O)C1CSCN1. The first-order valence-corrected chi connectivity index (χ1v) is 6.07. The van der Waals surface area contributed by atoms with Crippen molar-refractivity contribution in [1.82, 2.24) is 10.2 Å². The number of thioether (sulfide) groups is 1. The molecule has 1 fully saturated rings. The summed E-state index contributed by atoms with van der Waals surface area (Å²) in [5.41, 5.74) is 5.11. The van der Waals surface area contributed by atoms with Crippen LogP contribution >= 0.6 is 11.8 Å². The van der Waals surface area contributed by atoms with Crippen molar-refractivity contribution < 1.29 is 9.59 Å². The third-order valence-corrected chi connectivity index (χ3v) is 3.19. The molecule has 0 spiro atoms. The van der Waals surface area contributed by atoms with E-state index in [4.69, 9.17) is 5.73 Å². The van der Waals surface area contributed by atoms with Gasteiger partial charge in [-0.15, -0.1) is 11.8 Å². The maximum atomic E-state index is 12.0. The summed E-state index contributed by atoms with van der Waals surface area (Å²) >= 11 is 1.68. The topological polar surface area (TPSA) is 75.4 Å². The smallest absolute Gasteiger partial charge is 0.241 e. The highest BCUT2D eigenvalue weighted by Crippen LogP contribution is 2.13. The van der Waals surface area contributed by atoms with Gasteiger partial charge in [-0.05, 0) is 13.8 Å². The van der Waals surface area contributed by atoms with Crippen LogP contribution in [0.5, 0.6) is 0 Å². The molecule has 2 amide bonds. The largest absolute Gasteiger partial charge is 0.368 e. The Balaban J connectivity index is 2.61. The van der Waals surface area contributed by atoms with Gasteiger partial charge in [0, 0.05) is 17.7 Å². The van der Waals surface area contributed by atoms with Gasteiger partial charge in [0.2, 0.25) is 11.8 Å². The van der Waals surface area contributed by atoms with E-state index in [-0.39, 0.29) is 24.5 Å². The van der Waals surface area contributed by atoms with Crippen LogP contribution in [0.3, 0.4) is 0 Å². The van der Waals surface area contributed by atoms with Gasteiger partial charge in [0.1, 0.15) is 0 Å². The predicted molar refractivity (Wildman–Crippen MR) is 60.3 cm³/mol. The highest BCUT2D eigenvalue weighted by atomic mass is 32.2. The molecule has 0 aromatic rings. The molecule has 86 valence electrons. The van der Waals surface area contributed by atoms with Crippen LogP contribution < -0.4 is 11.1 Å². The molecule has 5 nitrogen and oxygen atoms in total. The van der Waals surface area contributed by atoms with Crippen molar-refractivity contribution in [3.63, 3.8) is 0 Å². The van der Waals surface area contributed by atoms with E-state index >= 15 is 0 Å². The summed E-state index contributed by atoms with van der Waals surface area (Å²) in [5.74, 6) is 1.05. The van der Waals surface area contributed by atoms with Crippen LogP contribution in [0, 0.1) is 0 Å². The number of nitrogens with zero attached hydrogens (tertiary/aromatic N) is 1. The van der Waals surface area contributed by atoms with Gasteiger partial charge in [-0.3, -0.25) is 14.9 Å². The zero-order chi connectivity index (χ0) is 11.4. The van der Waals surface area contributed by atoms with E-state index in [9.17, 15) is 9.59 Å². The highest BCUT2D eigenvalue weighted by molar-refractivity contribution is 7.99. The quantitative estimate of drug-likeness (QED) is 0.675. The first-order valence-electron chi connectivity index (χ1n) is 4.92. The summed E-state index contributed by atoms with van der Waals surface area (Å²) in [5, 5.41) is 3.08. The van der Waals surface area contributed by atoms with Crippen molar-refractivity contribution in [1.29, 1.82) is 0 Å². The second-order valence-electron chi connectivity index (χ2n) is 3.80. The summed E-state index contributed by atoms with van der Waals surface area (Å²) in [4.78, 5) is 24.3. The fourth-order valence-corrected chi connectivity index (χ4v) is 2.37. The van der Waals surface area contributed by atoms with Gasteiger partial charge < -0.3 is 10.6 Å². The lowest BCUT2D eigenvalue weighted by Gasteiger charge is -2.27. The molecule has 1 atom stereocenters. The Hall–Kier alpha value is -0.750. The van der Waals surface area contributed by atoms with Crippen molar-refractivity contribution in [3.05, 3.63) is 0 Å². The van der Waals surface area contributed by atoms with Crippen molar-refractivity contribution in [3.8, 4) is 0 Å². The molecule has 0 aliphatic carbocycles. The monoisotopic (exact) mass is 231 g/mol. The molecule has 0 bridgehead atoms. The molecule has 1 rings (SSSR count). The lowest BCUT2D eigenvalue weighted by atomic mass is 10.2. The van der Waals surface area contributed by atoms with Gasteiger partial charge in [0.05, 0.1) is 12.6 Å². The molecule has 1 unspecified atom stereocenters. The molecule has 15 heavy (non-hydrogen) atoms. The zero-order valence-electron chi connectivity index (χ0n) is 9.03. The van der Waals surface area contributed by atoms with E-state index in [1.165, 1.54) is 4.90 Å². The Kier molecular flexibility index (Phi) is 4.41. The summed E-state index contributed by atoms with van der Waals surface area (Å²) in [6.45, 7) is 3.76. The van der Waals surface area contributed by atoms with Crippen LogP contribution in [-0.4, -0.2) is 47.0 Å². The average Bonchev–Trinajstić information content (AvgIpc) is 2.65. The number of primary amides is 1. The van der Waals surface area contributed by atoms with Gasteiger partial charge in [-0.25, -0.2) is 0 Å². The maximum absolute atomic E-state index is 12.0. The maximum Gasteiger partial charge on any atom is 0.241 e. The number of nitrogens with one attached hydrogen (secondary N) is 1. The van der Waals surface area contributed by atoms with E-state index in [1.807, 2.05) is 13.8 Å². The van der Waals surface area contributed by atoms with Crippen molar-refractivity contribution >= 4 is 23.6 Å². The molecule has 1 heterocycles. The molecule has 0 aromatic heterocycles. The summed E-state index contributed by atoms with van der Waals surface area (Å²) < 4.78 is 0. The van der Waals surface area contributed by atoms with Crippen LogP contribution in [0.1, 0.15) is 13.8 Å². The fraction of sp³-hybridized carbons (Fsp3) is 0.778. The molecule has 1 aliphatic heterocycles. The Labute approximate surface area is 93.7 Å². The highest BCUT2D eigenvalue weighted by Gasteiger charge is 2.29. The number of hydrogen-bond donors (Lipinski definition) is 2. The molecule has 1 saturated heterocycles. The number of carbonyl (C=O) groups excluding carboxylic acids is 2. The van der Waals surface area contributed by atoms with Crippen LogP contribution in [0.15, 0.2) is 0 Å². The number of amides is 2.